The number of rotatable bonds is 7. The van der Waals surface area contributed by atoms with Crippen molar-refractivity contribution >= 4 is 40.9 Å². The third-order valence-corrected chi connectivity index (χ3v) is 4.57. The van der Waals surface area contributed by atoms with Gasteiger partial charge in [-0.05, 0) is 37.6 Å². The van der Waals surface area contributed by atoms with Crippen molar-refractivity contribution in [2.24, 2.45) is 0 Å². The molecule has 2 rings (SSSR count). The third kappa shape index (κ3) is 5.60. The van der Waals surface area contributed by atoms with E-state index in [1.54, 1.807) is 18.2 Å². The number of hydrogen-bond donors (Lipinski definition) is 4. The topological polar surface area (TPSA) is 111 Å². The van der Waals surface area contributed by atoms with Crippen LogP contribution in [0.1, 0.15) is 26.7 Å². The number of benzene rings is 1. The molecule has 1 aliphatic carbocycles. The Morgan fingerprint density at radius 3 is 2.54 bits per heavy atom. The second kappa shape index (κ2) is 8.86. The number of aliphatic carboxylic acids is 1. The van der Waals surface area contributed by atoms with E-state index in [0.717, 1.165) is 0 Å². The minimum atomic E-state index is -0.852. The Morgan fingerprint density at radius 1 is 1.27 bits per heavy atom. The fraction of sp³-hybridized carbons (Fsp3) is 0.471. The van der Waals surface area contributed by atoms with Gasteiger partial charge in [0.15, 0.2) is 0 Å². The molecule has 1 aromatic carbocycles. The number of carboxylic acid groups (broad SMARTS) is 1. The number of halogens is 1. The zero-order chi connectivity index (χ0) is 19.3. The van der Waals surface area contributed by atoms with E-state index in [2.05, 4.69) is 16.0 Å². The summed E-state index contributed by atoms with van der Waals surface area (Å²) in [5.74, 6) is -1.07. The molecule has 4 N–H and O–H groups in total. The Labute approximate surface area is 156 Å². The van der Waals surface area contributed by atoms with Crippen molar-refractivity contribution < 1.29 is 19.5 Å². The largest absolute Gasteiger partial charge is 0.480 e. The molecule has 0 aromatic heterocycles. The minimum Gasteiger partial charge on any atom is -0.480 e. The predicted molar refractivity (Wildman–Crippen MR) is 99.6 cm³/mol. The van der Waals surface area contributed by atoms with Gasteiger partial charge in [0.1, 0.15) is 0 Å². The zero-order valence-electron chi connectivity index (χ0n) is 14.7. The Hall–Kier alpha value is -2.32. The van der Waals surface area contributed by atoms with E-state index < -0.39 is 12.0 Å². The van der Waals surface area contributed by atoms with Gasteiger partial charge in [-0.1, -0.05) is 18.5 Å². The number of nitrogens with zero attached hydrogens (tertiary/aromatic N) is 1. The van der Waals surface area contributed by atoms with Gasteiger partial charge >= 0.3 is 12.0 Å². The van der Waals surface area contributed by atoms with Crippen LogP contribution in [0, 0.1) is 0 Å². The van der Waals surface area contributed by atoms with Gasteiger partial charge in [-0.2, -0.15) is 0 Å². The highest BCUT2D eigenvalue weighted by molar-refractivity contribution is 6.33. The van der Waals surface area contributed by atoms with Crippen LogP contribution in [0.15, 0.2) is 18.2 Å². The first-order valence-corrected chi connectivity index (χ1v) is 8.76. The van der Waals surface area contributed by atoms with Gasteiger partial charge in [0, 0.05) is 24.7 Å². The van der Waals surface area contributed by atoms with Crippen LogP contribution >= 0.6 is 11.6 Å². The third-order valence-electron chi connectivity index (χ3n) is 4.24. The number of carboxylic acids is 1. The monoisotopic (exact) mass is 382 g/mol. The van der Waals surface area contributed by atoms with E-state index in [0.29, 0.717) is 35.8 Å². The first-order valence-electron chi connectivity index (χ1n) is 8.39. The number of urea groups is 1. The summed E-state index contributed by atoms with van der Waals surface area (Å²) in [6.45, 7) is 3.97. The van der Waals surface area contributed by atoms with E-state index >= 15 is 0 Å². The van der Waals surface area contributed by atoms with Crippen LogP contribution < -0.4 is 16.0 Å². The van der Waals surface area contributed by atoms with Crippen LogP contribution in [0.25, 0.3) is 0 Å². The molecule has 0 unspecified atom stereocenters. The molecule has 0 heterocycles. The Morgan fingerprint density at radius 2 is 1.96 bits per heavy atom. The fourth-order valence-electron chi connectivity index (χ4n) is 2.92. The lowest BCUT2D eigenvalue weighted by Crippen LogP contribution is -2.55. The van der Waals surface area contributed by atoms with Crippen molar-refractivity contribution in [1.82, 2.24) is 10.2 Å². The zero-order valence-corrected chi connectivity index (χ0v) is 15.5. The first-order chi connectivity index (χ1) is 12.3. The smallest absolute Gasteiger partial charge is 0.319 e. The number of hydrogen-bond acceptors (Lipinski definition) is 4. The molecule has 0 saturated heterocycles. The molecule has 1 aliphatic rings. The molecule has 9 heteroatoms. The van der Waals surface area contributed by atoms with Crippen LogP contribution in [0.4, 0.5) is 16.2 Å². The molecular formula is C17H23ClN4O4. The van der Waals surface area contributed by atoms with Crippen molar-refractivity contribution in [1.29, 1.82) is 0 Å². The maximum atomic E-state index is 12.1. The van der Waals surface area contributed by atoms with Gasteiger partial charge in [0.25, 0.3) is 0 Å². The number of carbonyl (C=O) groups excluding carboxylic acids is 2. The normalized spacial score (nSPS) is 18.8. The summed E-state index contributed by atoms with van der Waals surface area (Å²) in [5.41, 5.74) is 0.931. The van der Waals surface area contributed by atoms with E-state index in [1.165, 1.54) is 6.92 Å². The minimum absolute atomic E-state index is 0.00559. The lowest BCUT2D eigenvalue weighted by molar-refractivity contribution is -0.139. The second-order valence-electron chi connectivity index (χ2n) is 6.25. The van der Waals surface area contributed by atoms with Gasteiger partial charge in [0.2, 0.25) is 5.91 Å². The number of amides is 3. The summed E-state index contributed by atoms with van der Waals surface area (Å²) in [7, 11) is 0. The Kier molecular flexibility index (Phi) is 6.82. The Bertz CT molecular complexity index is 691. The number of likely N-dealkylation sites (N-methyl/N-ethyl adjacent to an activating group) is 1. The van der Waals surface area contributed by atoms with Crippen molar-refractivity contribution in [3.8, 4) is 0 Å². The Balaban J connectivity index is 1.85. The quantitative estimate of drug-likeness (QED) is 0.578. The molecule has 0 aliphatic heterocycles. The molecule has 3 amide bonds. The summed E-state index contributed by atoms with van der Waals surface area (Å²) in [6.07, 6.45) is 1.41. The first kappa shape index (κ1) is 20.0. The highest BCUT2D eigenvalue weighted by atomic mass is 35.5. The van der Waals surface area contributed by atoms with Crippen LogP contribution in [0.5, 0.6) is 0 Å². The second-order valence-corrected chi connectivity index (χ2v) is 6.66. The van der Waals surface area contributed by atoms with Crippen molar-refractivity contribution in [2.75, 3.05) is 23.7 Å². The number of anilines is 2. The van der Waals surface area contributed by atoms with E-state index in [-0.39, 0.29) is 24.5 Å². The standard InChI is InChI=1S/C17H23ClN4O4/c1-3-22(9-16(24)25)13-6-12(7-13)20-17(26)21-15-8-11(19-10(2)23)4-5-14(15)18/h4-5,8,12-13H,3,6-7,9H2,1-2H3,(H,19,23)(H,24,25)(H2,20,21,26). The summed E-state index contributed by atoms with van der Waals surface area (Å²) < 4.78 is 0. The summed E-state index contributed by atoms with van der Waals surface area (Å²) in [4.78, 5) is 36.0. The van der Waals surface area contributed by atoms with Crippen LogP contribution in [-0.4, -0.2) is 53.1 Å². The van der Waals surface area contributed by atoms with Gasteiger partial charge in [-0.15, -0.1) is 0 Å². The van der Waals surface area contributed by atoms with Gasteiger partial charge < -0.3 is 21.1 Å². The molecule has 142 valence electrons. The van der Waals surface area contributed by atoms with E-state index in [1.807, 2.05) is 11.8 Å². The molecule has 1 fully saturated rings. The SMILES string of the molecule is CCN(CC(=O)O)C1CC(NC(=O)Nc2cc(NC(C)=O)ccc2Cl)C1. The average molecular weight is 383 g/mol. The summed E-state index contributed by atoms with van der Waals surface area (Å²) >= 11 is 6.08. The van der Waals surface area contributed by atoms with Crippen LogP contribution in [-0.2, 0) is 9.59 Å². The maximum absolute atomic E-state index is 12.1. The van der Waals surface area contributed by atoms with Crippen LogP contribution in [0.2, 0.25) is 5.02 Å². The molecule has 0 bridgehead atoms. The number of nitrogens with one attached hydrogen (secondary N) is 3. The predicted octanol–water partition coefficient (Wildman–Crippen LogP) is 2.36. The molecule has 1 saturated carbocycles. The molecule has 0 radical (unpaired) electrons. The fourth-order valence-corrected chi connectivity index (χ4v) is 3.09. The lowest BCUT2D eigenvalue weighted by atomic mass is 9.85. The van der Waals surface area contributed by atoms with Gasteiger partial charge in [0.05, 0.1) is 17.3 Å². The summed E-state index contributed by atoms with van der Waals surface area (Å²) in [6, 6.07) is 4.57. The van der Waals surface area contributed by atoms with Gasteiger partial charge in [-0.3, -0.25) is 14.5 Å². The average Bonchev–Trinajstić information content (AvgIpc) is 2.51. The summed E-state index contributed by atoms with van der Waals surface area (Å²) in [5, 5.41) is 17.4. The van der Waals surface area contributed by atoms with Crippen molar-refractivity contribution in [2.45, 2.75) is 38.8 Å². The van der Waals surface area contributed by atoms with Crippen LogP contribution in [0.3, 0.4) is 0 Å². The van der Waals surface area contributed by atoms with Crippen molar-refractivity contribution in [3.63, 3.8) is 0 Å². The van der Waals surface area contributed by atoms with E-state index in [4.69, 9.17) is 16.7 Å². The molecule has 0 atom stereocenters. The van der Waals surface area contributed by atoms with E-state index in [9.17, 15) is 14.4 Å². The number of carbonyl (C=O) groups is 3. The molecule has 8 nitrogen and oxygen atoms in total. The van der Waals surface area contributed by atoms with Gasteiger partial charge in [-0.25, -0.2) is 4.79 Å². The molecule has 0 spiro atoms. The highest BCUT2D eigenvalue weighted by Crippen LogP contribution is 2.27. The lowest BCUT2D eigenvalue weighted by Gasteiger charge is -2.42. The molecule has 26 heavy (non-hydrogen) atoms. The van der Waals surface area contributed by atoms with Crippen molar-refractivity contribution in [3.05, 3.63) is 23.2 Å². The molecule has 1 aromatic rings. The highest BCUT2D eigenvalue weighted by Gasteiger charge is 2.34. The molecular weight excluding hydrogens is 360 g/mol. The maximum Gasteiger partial charge on any atom is 0.319 e.